The van der Waals surface area contributed by atoms with Gasteiger partial charge in [0.1, 0.15) is 18.2 Å². The molecule has 2 aromatic carbocycles. The van der Waals surface area contributed by atoms with E-state index in [1.165, 1.54) is 6.07 Å². The van der Waals surface area contributed by atoms with E-state index in [0.717, 1.165) is 67.7 Å². The second kappa shape index (κ2) is 10.4. The van der Waals surface area contributed by atoms with E-state index < -0.39 is 5.97 Å². The van der Waals surface area contributed by atoms with E-state index >= 15 is 0 Å². The molecule has 4 aromatic rings. The highest BCUT2D eigenvalue weighted by Gasteiger charge is 2.57. The third-order valence-corrected chi connectivity index (χ3v) is 9.48. The molecule has 2 saturated carbocycles. The van der Waals surface area contributed by atoms with Crippen molar-refractivity contribution in [1.29, 1.82) is 0 Å². The molecule has 3 heterocycles. The molecule has 1 aliphatic heterocycles. The molecule has 2 atom stereocenters. The van der Waals surface area contributed by atoms with Crippen LogP contribution < -0.4 is 4.74 Å². The highest BCUT2D eigenvalue weighted by molar-refractivity contribution is 6.30. The summed E-state index contributed by atoms with van der Waals surface area (Å²) in [4.78, 5) is 21.5. The Morgan fingerprint density at radius 3 is 2.68 bits per heavy atom. The number of aromatic carboxylic acids is 1. The first-order valence-corrected chi connectivity index (χ1v) is 14.7. The maximum atomic E-state index is 14.2. The number of imidazole rings is 1. The zero-order valence-corrected chi connectivity index (χ0v) is 23.3. The van der Waals surface area contributed by atoms with Crippen molar-refractivity contribution in [3.8, 4) is 5.88 Å². The van der Waals surface area contributed by atoms with E-state index in [4.69, 9.17) is 31.0 Å². The predicted octanol–water partition coefficient (Wildman–Crippen LogP) is 7.12. The monoisotopic (exact) mass is 575 g/mol. The van der Waals surface area contributed by atoms with Crippen LogP contribution >= 0.6 is 11.6 Å². The SMILES string of the molecule is O=C(O)c1ccc2nc([C@H]3CC34CCC(c3cccc(OCc5ccc(Cl)cc5F)n3)CC4)n(C[C@@H]3CCO3)c2c1. The average molecular weight is 576 g/mol. The Bertz CT molecular complexity index is 1630. The van der Waals surface area contributed by atoms with Crippen LogP contribution in [0.1, 0.15) is 77.8 Å². The Kier molecular flexibility index (Phi) is 6.70. The Morgan fingerprint density at radius 1 is 1.12 bits per heavy atom. The molecule has 0 amide bonds. The van der Waals surface area contributed by atoms with E-state index in [2.05, 4.69) is 10.6 Å². The third-order valence-electron chi connectivity index (χ3n) is 9.24. The van der Waals surface area contributed by atoms with Crippen molar-refractivity contribution in [2.24, 2.45) is 5.41 Å². The number of hydrogen-bond acceptors (Lipinski definition) is 5. The molecule has 7 rings (SSSR count). The molecular weight excluding hydrogens is 545 g/mol. The highest BCUT2D eigenvalue weighted by Crippen LogP contribution is 2.67. The molecule has 2 aromatic heterocycles. The second-order valence-corrected chi connectivity index (χ2v) is 12.1. The number of carboxylic acid groups (broad SMARTS) is 1. The normalized spacial score (nSPS) is 25.3. The van der Waals surface area contributed by atoms with Gasteiger partial charge in [0.15, 0.2) is 0 Å². The summed E-state index contributed by atoms with van der Waals surface area (Å²) in [6.45, 7) is 1.58. The summed E-state index contributed by atoms with van der Waals surface area (Å²) in [5, 5.41) is 9.91. The number of hydrogen-bond donors (Lipinski definition) is 1. The summed E-state index contributed by atoms with van der Waals surface area (Å²) in [6.07, 6.45) is 6.52. The Labute approximate surface area is 242 Å². The summed E-state index contributed by atoms with van der Waals surface area (Å²) in [5.74, 6) is 0.955. The molecule has 212 valence electrons. The van der Waals surface area contributed by atoms with Gasteiger partial charge in [-0.3, -0.25) is 0 Å². The lowest BCUT2D eigenvalue weighted by molar-refractivity contribution is -0.0590. The van der Waals surface area contributed by atoms with Gasteiger partial charge in [-0.15, -0.1) is 0 Å². The number of carboxylic acids is 1. The number of halogens is 2. The fourth-order valence-electron chi connectivity index (χ4n) is 6.65. The van der Waals surface area contributed by atoms with E-state index in [0.29, 0.717) is 34.8 Å². The molecule has 9 heteroatoms. The first-order chi connectivity index (χ1) is 19.9. The van der Waals surface area contributed by atoms with Gasteiger partial charge in [0.2, 0.25) is 5.88 Å². The van der Waals surface area contributed by atoms with Gasteiger partial charge < -0.3 is 19.1 Å². The first-order valence-electron chi connectivity index (χ1n) is 14.3. The van der Waals surface area contributed by atoms with Crippen molar-refractivity contribution in [3.05, 3.63) is 88.1 Å². The number of aromatic nitrogens is 3. The number of fused-ring (bicyclic) bond motifs is 1. The van der Waals surface area contributed by atoms with Gasteiger partial charge in [0.25, 0.3) is 0 Å². The van der Waals surface area contributed by atoms with E-state index in [1.54, 1.807) is 24.3 Å². The predicted molar refractivity (Wildman–Crippen MR) is 152 cm³/mol. The van der Waals surface area contributed by atoms with E-state index in [9.17, 15) is 14.3 Å². The van der Waals surface area contributed by atoms with Crippen LogP contribution in [0.15, 0.2) is 54.6 Å². The maximum Gasteiger partial charge on any atom is 0.335 e. The molecule has 0 unspecified atom stereocenters. The molecule has 41 heavy (non-hydrogen) atoms. The average Bonchev–Trinajstić information content (AvgIpc) is 3.51. The quantitative estimate of drug-likeness (QED) is 0.241. The molecule has 1 N–H and O–H groups in total. The van der Waals surface area contributed by atoms with Gasteiger partial charge in [-0.05, 0) is 80.3 Å². The number of carbonyl (C=O) groups is 1. The summed E-state index contributed by atoms with van der Waals surface area (Å²) >= 11 is 5.86. The Balaban J connectivity index is 1.05. The minimum Gasteiger partial charge on any atom is -0.478 e. The number of benzene rings is 2. The molecule has 7 nitrogen and oxygen atoms in total. The van der Waals surface area contributed by atoms with Crippen LogP contribution in [0.4, 0.5) is 4.39 Å². The van der Waals surface area contributed by atoms with Crippen LogP contribution in [-0.2, 0) is 17.9 Å². The van der Waals surface area contributed by atoms with Crippen molar-refractivity contribution in [1.82, 2.24) is 14.5 Å². The smallest absolute Gasteiger partial charge is 0.335 e. The van der Waals surface area contributed by atoms with Crippen molar-refractivity contribution in [2.45, 2.75) is 69.6 Å². The number of nitrogens with zero attached hydrogens (tertiary/aromatic N) is 3. The van der Waals surface area contributed by atoms with Crippen molar-refractivity contribution >= 4 is 28.6 Å². The third kappa shape index (κ3) is 5.08. The lowest BCUT2D eigenvalue weighted by Gasteiger charge is -2.30. The maximum absolute atomic E-state index is 14.2. The molecule has 1 saturated heterocycles. The standard InChI is InChI=1S/C32H31ClFN3O4/c33-22-6-4-21(25(34)15-22)18-41-29-3-1-2-26(35-29)19-8-11-32(12-9-19)16-24(32)30-36-27-7-5-20(31(38)39)14-28(27)37(30)17-23-10-13-40-23/h1-7,14-15,19,23-24H,8-13,16-18H2,(H,38,39)/t19?,23-,24+,32?/m0/s1. The lowest BCUT2D eigenvalue weighted by atomic mass is 9.77. The van der Waals surface area contributed by atoms with Crippen molar-refractivity contribution in [2.75, 3.05) is 6.61 Å². The number of pyridine rings is 1. The second-order valence-electron chi connectivity index (χ2n) is 11.7. The minimum absolute atomic E-state index is 0.0930. The largest absolute Gasteiger partial charge is 0.478 e. The topological polar surface area (TPSA) is 86.5 Å². The van der Waals surface area contributed by atoms with Crippen LogP contribution in [0.25, 0.3) is 11.0 Å². The summed E-state index contributed by atoms with van der Waals surface area (Å²) in [7, 11) is 0. The van der Waals surface area contributed by atoms with Gasteiger partial charge >= 0.3 is 5.97 Å². The van der Waals surface area contributed by atoms with E-state index in [-0.39, 0.29) is 29.5 Å². The molecule has 3 fully saturated rings. The molecule has 1 spiro atoms. The first kappa shape index (κ1) is 26.4. The molecule has 0 bridgehead atoms. The molecule has 3 aliphatic rings. The van der Waals surface area contributed by atoms with Gasteiger partial charge in [-0.1, -0.05) is 23.7 Å². The lowest BCUT2D eigenvalue weighted by Crippen LogP contribution is -2.32. The van der Waals surface area contributed by atoms with E-state index in [1.807, 2.05) is 18.2 Å². The van der Waals surface area contributed by atoms with Crippen molar-refractivity contribution in [3.63, 3.8) is 0 Å². The van der Waals surface area contributed by atoms with Crippen LogP contribution in [0.2, 0.25) is 5.02 Å². The van der Waals surface area contributed by atoms with Gasteiger partial charge in [-0.2, -0.15) is 0 Å². The van der Waals surface area contributed by atoms with Crippen LogP contribution in [-0.4, -0.2) is 38.3 Å². The van der Waals surface area contributed by atoms with Crippen LogP contribution in [0.5, 0.6) is 5.88 Å². The zero-order valence-electron chi connectivity index (χ0n) is 22.6. The Hall–Kier alpha value is -3.49. The van der Waals surface area contributed by atoms with Gasteiger partial charge in [0, 0.05) is 40.8 Å². The minimum atomic E-state index is -0.928. The van der Waals surface area contributed by atoms with Crippen molar-refractivity contribution < 1.29 is 23.8 Å². The van der Waals surface area contributed by atoms with Crippen LogP contribution in [0, 0.1) is 11.2 Å². The zero-order chi connectivity index (χ0) is 28.1. The Morgan fingerprint density at radius 2 is 1.95 bits per heavy atom. The fourth-order valence-corrected chi connectivity index (χ4v) is 6.81. The molecule has 2 aliphatic carbocycles. The molecular formula is C32H31ClFN3O4. The van der Waals surface area contributed by atoms with Gasteiger partial charge in [-0.25, -0.2) is 19.2 Å². The summed E-state index contributed by atoms with van der Waals surface area (Å²) < 4.78 is 28.0. The molecule has 0 radical (unpaired) electrons. The number of ether oxygens (including phenoxy) is 2. The summed E-state index contributed by atoms with van der Waals surface area (Å²) in [5.41, 5.74) is 3.69. The number of rotatable bonds is 8. The fraction of sp³-hybridized carbons (Fsp3) is 0.406. The van der Waals surface area contributed by atoms with Gasteiger partial charge in [0.05, 0.1) is 29.2 Å². The summed E-state index contributed by atoms with van der Waals surface area (Å²) in [6, 6.07) is 15.6. The highest BCUT2D eigenvalue weighted by atomic mass is 35.5. The van der Waals surface area contributed by atoms with Crippen LogP contribution in [0.3, 0.4) is 0 Å².